The largest absolute Gasteiger partial charge is 0.343 e. The Bertz CT molecular complexity index is 431. The van der Waals surface area contributed by atoms with Gasteiger partial charge in [0.05, 0.1) is 12.6 Å². The molecule has 1 aromatic rings. The van der Waals surface area contributed by atoms with Crippen LogP contribution in [-0.2, 0) is 11.3 Å². The maximum atomic E-state index is 11.1. The van der Waals surface area contributed by atoms with Crippen LogP contribution in [0.3, 0.4) is 0 Å². The van der Waals surface area contributed by atoms with Crippen molar-refractivity contribution in [2.24, 2.45) is 0 Å². The summed E-state index contributed by atoms with van der Waals surface area (Å²) in [4.78, 5) is 15.3. The molecule has 0 aliphatic heterocycles. The van der Waals surface area contributed by atoms with Gasteiger partial charge in [-0.25, -0.2) is 4.98 Å². The predicted molar refractivity (Wildman–Crippen MR) is 67.4 cm³/mol. The van der Waals surface area contributed by atoms with E-state index in [-0.39, 0.29) is 11.9 Å². The van der Waals surface area contributed by atoms with E-state index < -0.39 is 0 Å². The van der Waals surface area contributed by atoms with Gasteiger partial charge in [0.1, 0.15) is 5.82 Å². The molecule has 0 saturated heterocycles. The fourth-order valence-corrected chi connectivity index (χ4v) is 1.48. The molecule has 1 N–H and O–H groups in total. The smallest absolute Gasteiger partial charge is 0.220 e. The first kappa shape index (κ1) is 13.3. The lowest BCUT2D eigenvalue weighted by Crippen LogP contribution is -2.30. The van der Waals surface area contributed by atoms with Crippen LogP contribution in [0.5, 0.6) is 0 Å². The van der Waals surface area contributed by atoms with Crippen LogP contribution in [0.25, 0.3) is 0 Å². The molecule has 0 aliphatic rings. The van der Waals surface area contributed by atoms with E-state index >= 15 is 0 Å². The van der Waals surface area contributed by atoms with E-state index in [0.717, 1.165) is 11.5 Å². The highest BCUT2D eigenvalue weighted by Gasteiger charge is 2.01. The van der Waals surface area contributed by atoms with Gasteiger partial charge in [-0.3, -0.25) is 4.79 Å². The van der Waals surface area contributed by atoms with Gasteiger partial charge in [0.15, 0.2) is 0 Å². The average molecular weight is 233 g/mol. The Morgan fingerprint density at radius 1 is 1.59 bits per heavy atom. The Hall–Kier alpha value is -1.76. The molecule has 1 atom stereocenters. The maximum Gasteiger partial charge on any atom is 0.220 e. The maximum absolute atomic E-state index is 11.1. The number of aryl methyl sites for hydroxylation is 2. The highest BCUT2D eigenvalue weighted by molar-refractivity contribution is 5.76. The van der Waals surface area contributed by atoms with Crippen molar-refractivity contribution in [3.8, 4) is 11.8 Å². The van der Waals surface area contributed by atoms with Crippen LogP contribution in [0.1, 0.15) is 31.8 Å². The molecule has 0 bridgehead atoms. The first-order valence-corrected chi connectivity index (χ1v) is 5.81. The molecule has 1 rings (SSSR count). The number of imidazole rings is 1. The van der Waals surface area contributed by atoms with Crippen molar-refractivity contribution in [2.75, 3.05) is 0 Å². The molecule has 92 valence electrons. The number of hydrogen-bond donors (Lipinski definition) is 1. The monoisotopic (exact) mass is 233 g/mol. The summed E-state index contributed by atoms with van der Waals surface area (Å²) < 4.78 is 2.04. The minimum Gasteiger partial charge on any atom is -0.343 e. The first-order valence-electron chi connectivity index (χ1n) is 5.81. The molecule has 4 heteroatoms. The van der Waals surface area contributed by atoms with Crippen molar-refractivity contribution in [2.45, 2.75) is 46.7 Å². The van der Waals surface area contributed by atoms with Crippen molar-refractivity contribution in [3.05, 3.63) is 17.7 Å². The average Bonchev–Trinajstić information content (AvgIpc) is 2.60. The Kier molecular flexibility index (Phi) is 4.77. The van der Waals surface area contributed by atoms with E-state index in [9.17, 15) is 4.79 Å². The molecule has 0 radical (unpaired) electrons. The lowest BCUT2D eigenvalue weighted by atomic mass is 10.3. The van der Waals surface area contributed by atoms with Crippen molar-refractivity contribution >= 4 is 5.91 Å². The zero-order chi connectivity index (χ0) is 12.8. The van der Waals surface area contributed by atoms with Crippen LogP contribution >= 0.6 is 0 Å². The van der Waals surface area contributed by atoms with Crippen molar-refractivity contribution < 1.29 is 4.79 Å². The van der Waals surface area contributed by atoms with E-state index in [2.05, 4.69) is 22.1 Å². The molecular weight excluding hydrogens is 214 g/mol. The van der Waals surface area contributed by atoms with Crippen molar-refractivity contribution in [1.29, 1.82) is 0 Å². The minimum absolute atomic E-state index is 0.0294. The molecule has 1 heterocycles. The van der Waals surface area contributed by atoms with Gasteiger partial charge >= 0.3 is 0 Å². The summed E-state index contributed by atoms with van der Waals surface area (Å²) in [6.07, 6.45) is 2.32. The predicted octanol–water partition coefficient (Wildman–Crippen LogP) is 1.42. The number of hydrogen-bond acceptors (Lipinski definition) is 2. The fourth-order valence-electron chi connectivity index (χ4n) is 1.48. The van der Waals surface area contributed by atoms with Gasteiger partial charge in [0, 0.05) is 18.3 Å². The molecule has 0 fully saturated rings. The van der Waals surface area contributed by atoms with E-state index in [0.29, 0.717) is 13.0 Å². The van der Waals surface area contributed by atoms with Gasteiger partial charge in [-0.15, -0.1) is 0 Å². The SMILES string of the molecule is CCC(=O)NC(C)C#CCn1c(C)cnc1C. The molecule has 4 nitrogen and oxygen atoms in total. The summed E-state index contributed by atoms with van der Waals surface area (Å²) in [6, 6.07) is -0.105. The van der Waals surface area contributed by atoms with E-state index in [1.807, 2.05) is 38.5 Å². The van der Waals surface area contributed by atoms with E-state index in [4.69, 9.17) is 0 Å². The number of carbonyl (C=O) groups is 1. The Morgan fingerprint density at radius 2 is 2.29 bits per heavy atom. The summed E-state index contributed by atoms with van der Waals surface area (Å²) in [6.45, 7) is 8.28. The summed E-state index contributed by atoms with van der Waals surface area (Å²) in [7, 11) is 0. The number of rotatable bonds is 3. The summed E-state index contributed by atoms with van der Waals surface area (Å²) >= 11 is 0. The molecule has 1 aromatic heterocycles. The van der Waals surface area contributed by atoms with E-state index in [1.54, 1.807) is 0 Å². The molecule has 0 aliphatic carbocycles. The van der Waals surface area contributed by atoms with Crippen molar-refractivity contribution in [1.82, 2.24) is 14.9 Å². The van der Waals surface area contributed by atoms with Crippen LogP contribution < -0.4 is 5.32 Å². The molecule has 0 saturated carbocycles. The van der Waals surface area contributed by atoms with Crippen LogP contribution in [0.2, 0.25) is 0 Å². The lowest BCUT2D eigenvalue weighted by Gasteiger charge is -2.06. The molecule has 1 amide bonds. The molecule has 17 heavy (non-hydrogen) atoms. The Morgan fingerprint density at radius 3 is 2.82 bits per heavy atom. The lowest BCUT2D eigenvalue weighted by molar-refractivity contribution is -0.121. The third-order valence-electron chi connectivity index (χ3n) is 2.51. The zero-order valence-corrected chi connectivity index (χ0v) is 10.9. The number of carbonyl (C=O) groups excluding carboxylic acids is 1. The zero-order valence-electron chi connectivity index (χ0n) is 10.9. The van der Waals surface area contributed by atoms with Gasteiger partial charge in [-0.1, -0.05) is 18.8 Å². The molecule has 0 aromatic carbocycles. The number of aromatic nitrogens is 2. The van der Waals surface area contributed by atoms with Crippen molar-refractivity contribution in [3.63, 3.8) is 0 Å². The highest BCUT2D eigenvalue weighted by atomic mass is 16.1. The number of nitrogens with one attached hydrogen (secondary N) is 1. The first-order chi connectivity index (χ1) is 8.04. The molecular formula is C13H19N3O. The standard InChI is InChI=1S/C13H19N3O/c1-5-13(17)15-10(2)7-6-8-16-11(3)9-14-12(16)4/h9-10H,5,8H2,1-4H3,(H,15,17). The Labute approximate surface area is 102 Å². The normalized spacial score (nSPS) is 11.5. The number of nitrogens with zero attached hydrogens (tertiary/aromatic N) is 2. The molecule has 0 spiro atoms. The van der Waals surface area contributed by atoms with E-state index in [1.165, 1.54) is 0 Å². The van der Waals surface area contributed by atoms with Crippen LogP contribution in [0, 0.1) is 25.7 Å². The molecule has 1 unspecified atom stereocenters. The minimum atomic E-state index is -0.105. The summed E-state index contributed by atoms with van der Waals surface area (Å²) in [5.41, 5.74) is 1.10. The quantitative estimate of drug-likeness (QED) is 0.803. The van der Waals surface area contributed by atoms with Crippen LogP contribution in [0.15, 0.2) is 6.20 Å². The topological polar surface area (TPSA) is 46.9 Å². The second kappa shape index (κ2) is 6.09. The Balaban J connectivity index is 2.54. The van der Waals surface area contributed by atoms with Gasteiger partial charge in [-0.2, -0.15) is 0 Å². The third-order valence-corrected chi connectivity index (χ3v) is 2.51. The van der Waals surface area contributed by atoms with Gasteiger partial charge in [-0.05, 0) is 20.8 Å². The van der Waals surface area contributed by atoms with Gasteiger partial charge in [0.2, 0.25) is 5.91 Å². The van der Waals surface area contributed by atoms with Crippen LogP contribution in [-0.4, -0.2) is 21.5 Å². The number of amides is 1. The highest BCUT2D eigenvalue weighted by Crippen LogP contribution is 2.01. The van der Waals surface area contributed by atoms with Gasteiger partial charge in [0.25, 0.3) is 0 Å². The third kappa shape index (κ3) is 3.95. The van der Waals surface area contributed by atoms with Crippen LogP contribution in [0.4, 0.5) is 0 Å². The summed E-state index contributed by atoms with van der Waals surface area (Å²) in [5, 5.41) is 2.80. The fraction of sp³-hybridized carbons (Fsp3) is 0.538. The summed E-state index contributed by atoms with van der Waals surface area (Å²) in [5.74, 6) is 7.06. The van der Waals surface area contributed by atoms with Gasteiger partial charge < -0.3 is 9.88 Å². The second-order valence-corrected chi connectivity index (χ2v) is 4.00. The second-order valence-electron chi connectivity index (χ2n) is 4.00.